The molecule has 3 N–H and O–H groups in total. The number of methoxy groups -OCH3 is 1. The normalized spacial score (nSPS) is 12.1. The van der Waals surface area contributed by atoms with Gasteiger partial charge in [0.1, 0.15) is 11.5 Å². The Morgan fingerprint density at radius 2 is 1.83 bits per heavy atom. The van der Waals surface area contributed by atoms with Crippen LogP contribution in [0.5, 0.6) is 11.5 Å². The molecule has 3 aromatic carbocycles. The third-order valence-electron chi connectivity index (χ3n) is 6.61. The Morgan fingerprint density at radius 3 is 2.52 bits per heavy atom. The highest BCUT2D eigenvalue weighted by Crippen LogP contribution is 2.30. The van der Waals surface area contributed by atoms with Crippen LogP contribution in [0, 0.1) is 0 Å². The first-order chi connectivity index (χ1) is 19.4. The van der Waals surface area contributed by atoms with Gasteiger partial charge in [-0.15, -0.1) is 24.8 Å². The van der Waals surface area contributed by atoms with Crippen LogP contribution in [-0.2, 0) is 11.2 Å². The minimum Gasteiger partial charge on any atom is -0.457 e. The van der Waals surface area contributed by atoms with Crippen LogP contribution in [0.2, 0.25) is 5.02 Å². The number of rotatable bonds is 13. The number of nitrogens with zero attached hydrogens (tertiary/aromatic N) is 2. The summed E-state index contributed by atoms with van der Waals surface area (Å²) in [6.07, 6.45) is 1.50. The summed E-state index contributed by atoms with van der Waals surface area (Å²) in [5.41, 5.74) is 2.94. The first-order valence-electron chi connectivity index (χ1n) is 13.1. The molecule has 0 spiro atoms. The fraction of sp³-hybridized carbons (Fsp3) is 0.290. The van der Waals surface area contributed by atoms with Gasteiger partial charge in [-0.3, -0.25) is 9.78 Å². The molecule has 42 heavy (non-hydrogen) atoms. The topological polar surface area (TPSA) is 104 Å². The van der Waals surface area contributed by atoms with Crippen LogP contribution in [0.15, 0.2) is 79.0 Å². The van der Waals surface area contributed by atoms with Gasteiger partial charge in [0.05, 0.1) is 24.8 Å². The number of nitrogens with one attached hydrogen (secondary N) is 1. The highest BCUT2D eigenvalue weighted by Gasteiger charge is 2.15. The average molecular weight is 637 g/mol. The molecule has 1 aromatic heterocycles. The quantitative estimate of drug-likeness (QED) is 0.179. The number of benzene rings is 3. The lowest BCUT2D eigenvalue weighted by Gasteiger charge is -2.19. The van der Waals surface area contributed by atoms with Gasteiger partial charge in [0.2, 0.25) is 0 Å². The van der Waals surface area contributed by atoms with Crippen molar-refractivity contribution in [1.29, 1.82) is 0 Å². The van der Waals surface area contributed by atoms with Gasteiger partial charge >= 0.3 is 0 Å². The largest absolute Gasteiger partial charge is 0.457 e. The second kappa shape index (κ2) is 17.2. The van der Waals surface area contributed by atoms with E-state index < -0.39 is 6.10 Å². The number of aliphatic hydroxyl groups is 2. The Bertz CT molecular complexity index is 1420. The van der Waals surface area contributed by atoms with Gasteiger partial charge in [-0.2, -0.15) is 0 Å². The molecule has 0 fully saturated rings. The molecule has 11 heteroatoms. The Morgan fingerprint density at radius 1 is 1.07 bits per heavy atom. The molecule has 8 nitrogen and oxygen atoms in total. The molecule has 0 saturated carbocycles. The Hall–Kier alpha value is -2.95. The lowest BCUT2D eigenvalue weighted by atomic mass is 10.0. The molecule has 226 valence electrons. The van der Waals surface area contributed by atoms with E-state index in [0.29, 0.717) is 53.7 Å². The third-order valence-corrected chi connectivity index (χ3v) is 6.85. The monoisotopic (exact) mass is 635 g/mol. The third kappa shape index (κ3) is 9.54. The second-order valence-electron chi connectivity index (χ2n) is 9.57. The van der Waals surface area contributed by atoms with Crippen molar-refractivity contribution in [2.45, 2.75) is 18.6 Å². The summed E-state index contributed by atoms with van der Waals surface area (Å²) in [5, 5.41) is 24.9. The summed E-state index contributed by atoms with van der Waals surface area (Å²) in [6.45, 7) is 1.18. The van der Waals surface area contributed by atoms with Gasteiger partial charge in [-0.1, -0.05) is 35.9 Å². The smallest absolute Gasteiger partial charge is 0.253 e. The van der Waals surface area contributed by atoms with E-state index in [1.807, 2.05) is 36.4 Å². The van der Waals surface area contributed by atoms with Crippen molar-refractivity contribution in [3.8, 4) is 11.5 Å². The molecule has 0 aliphatic heterocycles. The summed E-state index contributed by atoms with van der Waals surface area (Å²) in [7, 11) is 3.35. The summed E-state index contributed by atoms with van der Waals surface area (Å²) in [5.74, 6) is 1.19. The average Bonchev–Trinajstić information content (AvgIpc) is 2.98. The van der Waals surface area contributed by atoms with Crippen molar-refractivity contribution in [2.75, 3.05) is 40.5 Å². The summed E-state index contributed by atoms with van der Waals surface area (Å²) in [6, 6.07) is 21.7. The first kappa shape index (κ1) is 35.2. The number of pyridine rings is 1. The first-order valence-corrected chi connectivity index (χ1v) is 13.4. The number of amides is 1. The molecule has 0 bridgehead atoms. The van der Waals surface area contributed by atoms with Gasteiger partial charge in [0, 0.05) is 55.5 Å². The number of ether oxygens (including phenoxy) is 2. The molecule has 4 rings (SSSR count). The molecule has 0 saturated heterocycles. The molecule has 0 unspecified atom stereocenters. The van der Waals surface area contributed by atoms with Gasteiger partial charge in [-0.25, -0.2) is 0 Å². The van der Waals surface area contributed by atoms with Gasteiger partial charge < -0.3 is 29.9 Å². The zero-order valence-electron chi connectivity index (χ0n) is 23.4. The highest BCUT2D eigenvalue weighted by molar-refractivity contribution is 6.30. The maximum atomic E-state index is 12.7. The number of likely N-dealkylation sites (N-methyl/N-ethyl adjacent to an activating group) is 1. The van der Waals surface area contributed by atoms with Crippen molar-refractivity contribution < 1.29 is 24.5 Å². The minimum absolute atomic E-state index is 0. The van der Waals surface area contributed by atoms with Crippen LogP contribution in [0.3, 0.4) is 0 Å². The number of fused-ring (bicyclic) bond motifs is 1. The van der Waals surface area contributed by atoms with Crippen LogP contribution >= 0.6 is 36.4 Å². The molecular weight excluding hydrogens is 601 g/mol. The number of hydrogen-bond donors (Lipinski definition) is 3. The standard InChI is InChI=1S/C31H34ClN3O5.2ClH/c1-35(14-15-39-2)31(38)23-8-11-27-28(18-23)33-13-12-30(27)40-26-9-6-21(7-10-26)16-25(20-36)34-19-29(37)22-4-3-5-24(32)17-22;;/h3-13,17-18,25,29,34,36-37H,14-16,19-20H2,1-2H3;2*1H/t25-,29+;;/m0../s1. The Balaban J connectivity index is 0.00000308. The van der Waals surface area contributed by atoms with Gasteiger partial charge in [0.15, 0.2) is 0 Å². The van der Waals surface area contributed by atoms with E-state index in [4.69, 9.17) is 21.1 Å². The molecule has 0 radical (unpaired) electrons. The molecule has 2 atom stereocenters. The van der Waals surface area contributed by atoms with E-state index in [1.165, 1.54) is 0 Å². The maximum Gasteiger partial charge on any atom is 0.253 e. The zero-order valence-corrected chi connectivity index (χ0v) is 25.8. The number of halogens is 3. The van der Waals surface area contributed by atoms with Gasteiger partial charge in [-0.05, 0) is 66.1 Å². The molecule has 1 amide bonds. The SMILES string of the molecule is COCCN(C)C(=O)c1ccc2c(Oc3ccc(C[C@@H](CO)NC[C@@H](O)c4cccc(Cl)c4)cc3)ccnc2c1.Cl.Cl. The number of aromatic nitrogens is 1. The van der Waals surface area contributed by atoms with E-state index in [9.17, 15) is 15.0 Å². The van der Waals surface area contributed by atoms with E-state index in [-0.39, 0.29) is 43.4 Å². The fourth-order valence-electron chi connectivity index (χ4n) is 4.31. The van der Waals surface area contributed by atoms with Crippen molar-refractivity contribution in [3.63, 3.8) is 0 Å². The summed E-state index contributed by atoms with van der Waals surface area (Å²) >= 11 is 6.02. The van der Waals surface area contributed by atoms with Crippen LogP contribution in [0.1, 0.15) is 27.6 Å². The van der Waals surface area contributed by atoms with Crippen molar-refractivity contribution in [1.82, 2.24) is 15.2 Å². The number of aliphatic hydroxyl groups excluding tert-OH is 2. The van der Waals surface area contributed by atoms with Gasteiger partial charge in [0.25, 0.3) is 5.91 Å². The predicted molar refractivity (Wildman–Crippen MR) is 171 cm³/mol. The second-order valence-corrected chi connectivity index (χ2v) is 10.0. The number of carbonyl (C=O) groups excluding carboxylic acids is 1. The molecular formula is C31H36Cl3N3O5. The summed E-state index contributed by atoms with van der Waals surface area (Å²) < 4.78 is 11.2. The van der Waals surface area contributed by atoms with Crippen LogP contribution < -0.4 is 10.1 Å². The fourth-order valence-corrected chi connectivity index (χ4v) is 4.51. The zero-order chi connectivity index (χ0) is 28.5. The molecule has 1 heterocycles. The number of hydrogen-bond acceptors (Lipinski definition) is 7. The van der Waals surface area contributed by atoms with E-state index in [1.54, 1.807) is 61.7 Å². The lowest BCUT2D eigenvalue weighted by Crippen LogP contribution is -2.37. The Labute approximate surface area is 263 Å². The van der Waals surface area contributed by atoms with E-state index in [0.717, 1.165) is 16.5 Å². The van der Waals surface area contributed by atoms with Crippen molar-refractivity contribution in [3.05, 3.63) is 101 Å². The molecule has 0 aliphatic rings. The Kier molecular flexibility index (Phi) is 14.5. The van der Waals surface area contributed by atoms with Crippen molar-refractivity contribution in [2.24, 2.45) is 0 Å². The minimum atomic E-state index is -0.732. The van der Waals surface area contributed by atoms with E-state index in [2.05, 4.69) is 10.3 Å². The summed E-state index contributed by atoms with van der Waals surface area (Å²) in [4.78, 5) is 18.8. The lowest BCUT2D eigenvalue weighted by molar-refractivity contribution is 0.0744. The van der Waals surface area contributed by atoms with Crippen LogP contribution in [-0.4, -0.2) is 72.5 Å². The van der Waals surface area contributed by atoms with E-state index >= 15 is 0 Å². The maximum absolute atomic E-state index is 12.7. The highest BCUT2D eigenvalue weighted by atomic mass is 35.5. The predicted octanol–water partition coefficient (Wildman–Crippen LogP) is 5.47. The molecule has 4 aromatic rings. The molecule has 0 aliphatic carbocycles. The number of carbonyl (C=O) groups is 1. The van der Waals surface area contributed by atoms with Crippen LogP contribution in [0.4, 0.5) is 0 Å². The van der Waals surface area contributed by atoms with Crippen LogP contribution in [0.25, 0.3) is 10.9 Å². The van der Waals surface area contributed by atoms with Crippen molar-refractivity contribution >= 4 is 53.2 Å².